The fourth-order valence-corrected chi connectivity index (χ4v) is 6.07. The number of carbonyl (C=O) groups is 2. The molecule has 1 unspecified atom stereocenters. The summed E-state index contributed by atoms with van der Waals surface area (Å²) in [5, 5.41) is 0. The van der Waals surface area contributed by atoms with Gasteiger partial charge in [-0.2, -0.15) is 0 Å². The fourth-order valence-electron chi connectivity index (χ4n) is 6.07. The smallest absolute Gasteiger partial charge is 0.311 e. The summed E-state index contributed by atoms with van der Waals surface area (Å²) < 4.78 is 5.08. The van der Waals surface area contributed by atoms with Crippen LogP contribution in [0.1, 0.15) is 50.2 Å². The van der Waals surface area contributed by atoms with Crippen LogP contribution < -0.4 is 4.90 Å². The molecule has 1 aromatic rings. The minimum absolute atomic E-state index is 0.0417. The van der Waals surface area contributed by atoms with E-state index >= 15 is 0 Å². The molecule has 1 spiro atoms. The molecule has 6 nitrogen and oxygen atoms in total. The summed E-state index contributed by atoms with van der Waals surface area (Å²) in [7, 11) is 1.42. The Bertz CT molecular complexity index is 860. The van der Waals surface area contributed by atoms with Crippen molar-refractivity contribution in [3.8, 4) is 0 Å². The van der Waals surface area contributed by atoms with Gasteiger partial charge in [0.25, 0.3) is 0 Å². The zero-order valence-electron chi connectivity index (χ0n) is 19.6. The molecular weight excluding hydrogens is 402 g/mol. The number of hydrogen-bond acceptors (Lipinski definition) is 5. The van der Waals surface area contributed by atoms with Gasteiger partial charge >= 0.3 is 5.97 Å². The number of likely N-dealkylation sites (tertiary alicyclic amines) is 2. The average Bonchev–Trinajstić information content (AvgIpc) is 3.07. The van der Waals surface area contributed by atoms with Crippen LogP contribution in [0, 0.1) is 5.92 Å². The van der Waals surface area contributed by atoms with Gasteiger partial charge in [0.2, 0.25) is 5.91 Å². The van der Waals surface area contributed by atoms with Gasteiger partial charge in [0.1, 0.15) is 0 Å². The normalized spacial score (nSPS) is 22.8. The van der Waals surface area contributed by atoms with Gasteiger partial charge < -0.3 is 14.5 Å². The lowest BCUT2D eigenvalue weighted by Crippen LogP contribution is -2.57. The minimum atomic E-state index is -0.439. The number of aryl methyl sites for hydroxylation is 1. The Morgan fingerprint density at radius 1 is 1.28 bits per heavy atom. The maximum Gasteiger partial charge on any atom is 0.311 e. The van der Waals surface area contributed by atoms with E-state index in [0.717, 1.165) is 52.0 Å². The van der Waals surface area contributed by atoms with Gasteiger partial charge in [0.15, 0.2) is 0 Å². The number of ether oxygens (including phenoxy) is 1. The second kappa shape index (κ2) is 9.65. The van der Waals surface area contributed by atoms with E-state index in [9.17, 15) is 9.59 Å². The van der Waals surface area contributed by atoms with Crippen LogP contribution in [0.2, 0.25) is 0 Å². The lowest BCUT2D eigenvalue weighted by atomic mass is 9.76. The van der Waals surface area contributed by atoms with Crippen molar-refractivity contribution in [1.82, 2.24) is 9.80 Å². The molecule has 6 heteroatoms. The highest BCUT2D eigenvalue weighted by Gasteiger charge is 2.56. The van der Waals surface area contributed by atoms with Gasteiger partial charge in [-0.05, 0) is 49.3 Å². The van der Waals surface area contributed by atoms with Crippen molar-refractivity contribution in [2.45, 2.75) is 57.5 Å². The molecule has 1 atom stereocenters. The van der Waals surface area contributed by atoms with E-state index in [2.05, 4.69) is 41.5 Å². The summed E-state index contributed by atoms with van der Waals surface area (Å²) >= 11 is 0. The molecule has 0 N–H and O–H groups in total. The van der Waals surface area contributed by atoms with Gasteiger partial charge in [0, 0.05) is 51.4 Å². The molecule has 32 heavy (non-hydrogen) atoms. The summed E-state index contributed by atoms with van der Waals surface area (Å²) in [6, 6.07) is 6.97. The fraction of sp³-hybridized carbons (Fsp3) is 0.615. The van der Waals surface area contributed by atoms with Crippen LogP contribution in [0.4, 0.5) is 5.69 Å². The van der Waals surface area contributed by atoms with E-state index in [-0.39, 0.29) is 24.2 Å². The zero-order chi connectivity index (χ0) is 22.7. The number of methoxy groups -OCH3 is 1. The number of nitrogens with zero attached hydrogens (tertiary/aromatic N) is 3. The van der Waals surface area contributed by atoms with Gasteiger partial charge in [0.05, 0.1) is 18.6 Å². The number of amides is 1. The predicted molar refractivity (Wildman–Crippen MR) is 127 cm³/mol. The van der Waals surface area contributed by atoms with Crippen molar-refractivity contribution in [2.24, 2.45) is 5.92 Å². The number of fused-ring (bicyclic) bond motifs is 1. The van der Waals surface area contributed by atoms with Crippen LogP contribution in [-0.4, -0.2) is 67.0 Å². The second-order valence-electron chi connectivity index (χ2n) is 9.51. The number of hydrogen-bond donors (Lipinski definition) is 0. The maximum absolute atomic E-state index is 12.7. The highest BCUT2D eigenvalue weighted by Crippen LogP contribution is 2.44. The van der Waals surface area contributed by atoms with E-state index in [1.807, 2.05) is 4.90 Å². The highest BCUT2D eigenvalue weighted by molar-refractivity contribution is 5.89. The Balaban J connectivity index is 1.45. The molecule has 4 rings (SSSR count). The molecule has 0 aromatic heterocycles. The molecule has 0 saturated carbocycles. The predicted octanol–water partition coefficient (Wildman–Crippen LogP) is 3.39. The molecule has 3 aliphatic heterocycles. The SMILES string of the molecule is C=CCN1C(=O)CC(C(=O)OC)C12CCN(Cc1ccc3c(c1)CCCN3CCC)CC2. The molecule has 3 aliphatic rings. The number of rotatable bonds is 7. The van der Waals surface area contributed by atoms with Crippen LogP contribution in [0.5, 0.6) is 0 Å². The van der Waals surface area contributed by atoms with Crippen molar-refractivity contribution in [2.75, 3.05) is 44.7 Å². The third kappa shape index (κ3) is 4.17. The van der Waals surface area contributed by atoms with Crippen molar-refractivity contribution < 1.29 is 14.3 Å². The number of benzene rings is 1. The standard InChI is InChI=1S/C26H37N3O3/c1-4-12-28-14-6-7-21-17-20(8-9-23(21)28)19-27-15-10-26(11-16-27)22(25(31)32-3)18-24(30)29(26)13-5-2/h5,8-9,17,22H,2,4,6-7,10-16,18-19H2,1,3H3. The Kier molecular flexibility index (Phi) is 6.89. The summed E-state index contributed by atoms with van der Waals surface area (Å²) in [5.41, 5.74) is 3.80. The van der Waals surface area contributed by atoms with E-state index in [4.69, 9.17) is 4.74 Å². The maximum atomic E-state index is 12.7. The number of anilines is 1. The first-order chi connectivity index (χ1) is 15.5. The van der Waals surface area contributed by atoms with E-state index in [1.165, 1.54) is 36.8 Å². The molecular formula is C26H37N3O3. The van der Waals surface area contributed by atoms with Crippen LogP contribution in [0.3, 0.4) is 0 Å². The van der Waals surface area contributed by atoms with Gasteiger partial charge in [-0.25, -0.2) is 0 Å². The monoisotopic (exact) mass is 439 g/mol. The first-order valence-electron chi connectivity index (χ1n) is 12.1. The lowest BCUT2D eigenvalue weighted by molar-refractivity contribution is -0.150. The molecule has 174 valence electrons. The van der Waals surface area contributed by atoms with Crippen LogP contribution in [0.25, 0.3) is 0 Å². The first-order valence-corrected chi connectivity index (χ1v) is 12.1. The molecule has 3 heterocycles. The summed E-state index contributed by atoms with van der Waals surface area (Å²) in [5.74, 6) is -0.597. The Labute approximate surface area is 192 Å². The second-order valence-corrected chi connectivity index (χ2v) is 9.51. The van der Waals surface area contributed by atoms with Crippen molar-refractivity contribution in [1.29, 1.82) is 0 Å². The molecule has 0 radical (unpaired) electrons. The summed E-state index contributed by atoms with van der Waals surface area (Å²) in [6.45, 7) is 11.5. The topological polar surface area (TPSA) is 53.1 Å². The molecule has 2 saturated heterocycles. The van der Waals surface area contributed by atoms with Gasteiger partial charge in [-0.3, -0.25) is 14.5 Å². The van der Waals surface area contributed by atoms with E-state index < -0.39 is 5.54 Å². The lowest BCUT2D eigenvalue weighted by Gasteiger charge is -2.47. The first kappa shape index (κ1) is 22.8. The van der Waals surface area contributed by atoms with E-state index in [0.29, 0.717) is 6.54 Å². The molecule has 1 amide bonds. The largest absolute Gasteiger partial charge is 0.469 e. The quantitative estimate of drug-likeness (QED) is 0.482. The number of piperidine rings is 1. The zero-order valence-corrected chi connectivity index (χ0v) is 19.6. The van der Waals surface area contributed by atoms with E-state index in [1.54, 1.807) is 6.08 Å². The highest BCUT2D eigenvalue weighted by atomic mass is 16.5. The Morgan fingerprint density at radius 3 is 2.75 bits per heavy atom. The van der Waals surface area contributed by atoms with Gasteiger partial charge in [-0.15, -0.1) is 6.58 Å². The number of esters is 1. The van der Waals surface area contributed by atoms with Crippen LogP contribution >= 0.6 is 0 Å². The van der Waals surface area contributed by atoms with Crippen LogP contribution in [0.15, 0.2) is 30.9 Å². The molecule has 1 aromatic carbocycles. The van der Waals surface area contributed by atoms with Crippen LogP contribution in [-0.2, 0) is 27.3 Å². The third-order valence-corrected chi connectivity index (χ3v) is 7.64. The molecule has 0 bridgehead atoms. The summed E-state index contributed by atoms with van der Waals surface area (Å²) in [6.07, 6.45) is 7.16. The van der Waals surface area contributed by atoms with Crippen molar-refractivity contribution in [3.63, 3.8) is 0 Å². The number of carbonyl (C=O) groups excluding carboxylic acids is 2. The third-order valence-electron chi connectivity index (χ3n) is 7.64. The van der Waals surface area contributed by atoms with Crippen molar-refractivity contribution >= 4 is 17.6 Å². The van der Waals surface area contributed by atoms with Crippen molar-refractivity contribution in [3.05, 3.63) is 42.0 Å². The molecule has 2 fully saturated rings. The average molecular weight is 440 g/mol. The Hall–Kier alpha value is -2.34. The minimum Gasteiger partial charge on any atom is -0.469 e. The molecule has 0 aliphatic carbocycles. The Morgan fingerprint density at radius 2 is 2.06 bits per heavy atom. The summed E-state index contributed by atoms with van der Waals surface area (Å²) in [4.78, 5) is 32.1. The van der Waals surface area contributed by atoms with Gasteiger partial charge in [-0.1, -0.05) is 25.1 Å².